The highest BCUT2D eigenvalue weighted by Crippen LogP contribution is 2.32. The number of unbranched alkanes of at least 4 members (excludes halogenated alkanes) is 11. The molecule has 1 N–H and O–H groups in total. The molecule has 4 nitrogen and oxygen atoms in total. The number of ether oxygens (including phenoxy) is 1. The molecule has 2 rings (SSSR count). The summed E-state index contributed by atoms with van der Waals surface area (Å²) in [6.07, 6.45) is 21.3. The van der Waals surface area contributed by atoms with Crippen LogP contribution in [-0.4, -0.2) is 12.5 Å². The Hall–Kier alpha value is -1.63. The molecular weight excluding hydrogens is 595 g/mol. The molecule has 1 aromatic carbocycles. The van der Waals surface area contributed by atoms with Gasteiger partial charge in [-0.1, -0.05) is 123 Å². The fourth-order valence-corrected chi connectivity index (χ4v) is 4.95. The molecule has 0 radical (unpaired) electrons. The lowest BCUT2D eigenvalue weighted by atomic mass is 9.85. The molecule has 1 aromatic heterocycles. The number of nitrogens with zero attached hydrogens (tertiary/aromatic N) is 1. The Morgan fingerprint density at radius 3 is 1.95 bits per heavy atom. The Bertz CT molecular complexity index is 911. The highest BCUT2D eigenvalue weighted by molar-refractivity contribution is 5.78. The second-order valence-electron chi connectivity index (χ2n) is 11.8. The lowest BCUT2D eigenvalue weighted by Crippen LogP contribution is -3.00. The minimum atomic E-state index is -0.0514. The van der Waals surface area contributed by atoms with Crippen LogP contribution in [0.3, 0.4) is 0 Å². The number of aromatic nitrogens is 1. The van der Waals surface area contributed by atoms with Crippen molar-refractivity contribution in [1.29, 1.82) is 0 Å². The summed E-state index contributed by atoms with van der Waals surface area (Å²) in [4.78, 5) is 12.9. The Morgan fingerprint density at radius 2 is 1.41 bits per heavy atom. The Kier molecular flexibility index (Phi) is 18.4. The number of benzene rings is 1. The van der Waals surface area contributed by atoms with E-state index in [1.807, 2.05) is 41.2 Å². The molecule has 220 valence electrons. The van der Waals surface area contributed by atoms with Gasteiger partial charge in [-0.15, -0.1) is 0 Å². The van der Waals surface area contributed by atoms with Gasteiger partial charge in [0.25, 0.3) is 0 Å². The number of hydrogen-bond donors (Lipinski definition) is 1. The third kappa shape index (κ3) is 14.5. The van der Waals surface area contributed by atoms with Crippen molar-refractivity contribution in [2.45, 2.75) is 136 Å². The normalized spacial score (nSPS) is 12.0. The van der Waals surface area contributed by atoms with Gasteiger partial charge in [-0.2, -0.15) is 4.57 Å². The second-order valence-corrected chi connectivity index (χ2v) is 11.8. The van der Waals surface area contributed by atoms with Crippen molar-refractivity contribution in [1.82, 2.24) is 5.32 Å². The predicted molar refractivity (Wildman–Crippen MR) is 160 cm³/mol. The van der Waals surface area contributed by atoms with Crippen molar-refractivity contribution >= 4 is 5.91 Å². The first kappa shape index (κ1) is 35.4. The first-order valence-corrected chi connectivity index (χ1v) is 15.4. The lowest BCUT2D eigenvalue weighted by molar-refractivity contribution is -0.727. The molecular formula is C34H55IN2O2. The first-order chi connectivity index (χ1) is 18.3. The molecule has 5 heteroatoms. The highest BCUT2D eigenvalue weighted by Gasteiger charge is 2.22. The van der Waals surface area contributed by atoms with Gasteiger partial charge in [-0.05, 0) is 29.0 Å². The zero-order chi connectivity index (χ0) is 27.6. The predicted octanol–water partition coefficient (Wildman–Crippen LogP) is 5.62. The van der Waals surface area contributed by atoms with E-state index in [4.69, 9.17) is 4.74 Å². The SMILES string of the molecule is CCCCCCCCCCCCCCOc1ccc(CC(=O)NC(CC)[n+]2ccccc2)cc1C(C)(C)C.[I-]. The number of hydrogen-bond acceptors (Lipinski definition) is 2. The third-order valence-corrected chi connectivity index (χ3v) is 7.28. The summed E-state index contributed by atoms with van der Waals surface area (Å²) in [6, 6.07) is 12.2. The molecule has 1 heterocycles. The minimum absolute atomic E-state index is 0. The van der Waals surface area contributed by atoms with Crippen LogP contribution < -0.4 is 38.6 Å². The van der Waals surface area contributed by atoms with Crippen LogP contribution in [0.4, 0.5) is 0 Å². The van der Waals surface area contributed by atoms with Crippen LogP contribution in [0, 0.1) is 0 Å². The third-order valence-electron chi connectivity index (χ3n) is 7.28. The van der Waals surface area contributed by atoms with Crippen LogP contribution in [0.1, 0.15) is 135 Å². The summed E-state index contributed by atoms with van der Waals surface area (Å²) in [5.41, 5.74) is 2.15. The molecule has 0 bridgehead atoms. The fraction of sp³-hybridized carbons (Fsp3) is 0.647. The van der Waals surface area contributed by atoms with Crippen LogP contribution in [0.2, 0.25) is 0 Å². The first-order valence-electron chi connectivity index (χ1n) is 15.4. The molecule has 0 aliphatic carbocycles. The van der Waals surface area contributed by atoms with E-state index in [0.717, 1.165) is 30.8 Å². The summed E-state index contributed by atoms with van der Waals surface area (Å²) >= 11 is 0. The molecule has 2 aromatic rings. The topological polar surface area (TPSA) is 42.2 Å². The van der Waals surface area contributed by atoms with E-state index >= 15 is 0 Å². The van der Waals surface area contributed by atoms with Gasteiger partial charge >= 0.3 is 0 Å². The number of rotatable bonds is 19. The second kappa shape index (κ2) is 20.3. The summed E-state index contributed by atoms with van der Waals surface area (Å²) in [5.74, 6) is 0.995. The number of nitrogens with one attached hydrogen (secondary N) is 1. The lowest BCUT2D eigenvalue weighted by Gasteiger charge is -2.24. The van der Waals surface area contributed by atoms with Gasteiger partial charge in [0.15, 0.2) is 12.4 Å². The summed E-state index contributed by atoms with van der Waals surface area (Å²) in [5, 5.41) is 3.18. The van der Waals surface area contributed by atoms with Crippen molar-refractivity contribution < 1.29 is 38.1 Å². The van der Waals surface area contributed by atoms with Crippen molar-refractivity contribution in [3.63, 3.8) is 0 Å². The van der Waals surface area contributed by atoms with Crippen LogP contribution in [-0.2, 0) is 16.6 Å². The Balaban J connectivity index is 0.00000760. The molecule has 0 fully saturated rings. The maximum atomic E-state index is 12.9. The maximum Gasteiger partial charge on any atom is 0.233 e. The quantitative estimate of drug-likeness (QED) is 0.122. The van der Waals surface area contributed by atoms with E-state index < -0.39 is 0 Å². The fourth-order valence-electron chi connectivity index (χ4n) is 4.95. The largest absolute Gasteiger partial charge is 1.00 e. The molecule has 1 unspecified atom stereocenters. The zero-order valence-electron chi connectivity index (χ0n) is 25.4. The summed E-state index contributed by atoms with van der Waals surface area (Å²) < 4.78 is 8.30. The van der Waals surface area contributed by atoms with Crippen molar-refractivity contribution in [3.05, 3.63) is 59.9 Å². The van der Waals surface area contributed by atoms with Gasteiger partial charge in [-0.25, -0.2) is 0 Å². The van der Waals surface area contributed by atoms with Crippen LogP contribution in [0.5, 0.6) is 5.75 Å². The van der Waals surface area contributed by atoms with Gasteiger partial charge in [0.05, 0.1) is 13.0 Å². The van der Waals surface area contributed by atoms with Crippen LogP contribution >= 0.6 is 0 Å². The smallest absolute Gasteiger partial charge is 0.233 e. The van der Waals surface area contributed by atoms with E-state index in [1.165, 1.54) is 76.2 Å². The average molecular weight is 651 g/mol. The number of amides is 1. The number of carbonyl (C=O) groups excluding carboxylic acids is 1. The standard InChI is InChI=1S/C34H54N2O2.HI/c1-6-8-9-10-11-12-13-14-15-16-17-21-26-38-31-23-22-29(27-30(31)34(3,4)5)28-33(37)35-32(7-2)36-24-19-18-20-25-36;/h18-20,22-25,27,32H,6-17,21,26,28H2,1-5H3;1H. The van der Waals surface area contributed by atoms with Gasteiger partial charge in [-0.3, -0.25) is 10.1 Å². The van der Waals surface area contributed by atoms with Gasteiger partial charge < -0.3 is 28.7 Å². The highest BCUT2D eigenvalue weighted by atomic mass is 127. The van der Waals surface area contributed by atoms with E-state index in [2.05, 4.69) is 52.1 Å². The Labute approximate surface area is 256 Å². The monoisotopic (exact) mass is 650 g/mol. The molecule has 0 saturated heterocycles. The maximum absolute atomic E-state index is 12.9. The number of pyridine rings is 1. The average Bonchev–Trinajstić information content (AvgIpc) is 2.90. The number of halogens is 1. The number of carbonyl (C=O) groups is 1. The molecule has 0 aliphatic heterocycles. The minimum Gasteiger partial charge on any atom is -1.00 e. The van der Waals surface area contributed by atoms with E-state index in [9.17, 15) is 4.79 Å². The zero-order valence-corrected chi connectivity index (χ0v) is 27.6. The van der Waals surface area contributed by atoms with Crippen molar-refractivity contribution in [2.24, 2.45) is 0 Å². The Morgan fingerprint density at radius 1 is 0.846 bits per heavy atom. The van der Waals surface area contributed by atoms with Gasteiger partial charge in [0.1, 0.15) is 5.75 Å². The molecule has 0 saturated carbocycles. The van der Waals surface area contributed by atoms with Gasteiger partial charge in [0.2, 0.25) is 12.1 Å². The summed E-state index contributed by atoms with van der Waals surface area (Å²) in [7, 11) is 0. The van der Waals surface area contributed by atoms with E-state index in [-0.39, 0.29) is 41.5 Å². The summed E-state index contributed by atoms with van der Waals surface area (Å²) in [6.45, 7) is 11.8. The van der Waals surface area contributed by atoms with Crippen molar-refractivity contribution in [3.8, 4) is 5.75 Å². The van der Waals surface area contributed by atoms with E-state index in [1.54, 1.807) is 0 Å². The molecule has 1 amide bonds. The van der Waals surface area contributed by atoms with Crippen molar-refractivity contribution in [2.75, 3.05) is 6.61 Å². The molecule has 0 aliphatic rings. The van der Waals surface area contributed by atoms with Crippen LogP contribution in [0.15, 0.2) is 48.8 Å². The van der Waals surface area contributed by atoms with E-state index in [0.29, 0.717) is 6.42 Å². The molecule has 39 heavy (non-hydrogen) atoms. The van der Waals surface area contributed by atoms with Gasteiger partial charge in [0, 0.05) is 18.6 Å². The molecule has 1 atom stereocenters. The van der Waals surface area contributed by atoms with Crippen LogP contribution in [0.25, 0.3) is 0 Å². The molecule has 0 spiro atoms.